The van der Waals surface area contributed by atoms with Gasteiger partial charge in [-0.2, -0.15) is 4.72 Å². The number of hydrogen-bond donors (Lipinski definition) is 1. The SMILES string of the molecule is O=C(CN1CCCC(NS(=O)(=O)/C=C/c2cccc(Br)c2)C1=O)N1CCCC1. The van der Waals surface area contributed by atoms with Gasteiger partial charge in [-0.1, -0.05) is 28.1 Å². The van der Waals surface area contributed by atoms with E-state index < -0.39 is 16.1 Å². The van der Waals surface area contributed by atoms with Crippen LogP contribution in [-0.2, 0) is 19.6 Å². The first-order chi connectivity index (χ1) is 13.3. The Labute approximate surface area is 173 Å². The molecule has 2 heterocycles. The van der Waals surface area contributed by atoms with E-state index in [1.54, 1.807) is 17.0 Å². The van der Waals surface area contributed by atoms with Gasteiger partial charge in [0.2, 0.25) is 21.8 Å². The van der Waals surface area contributed by atoms with Crippen LogP contribution in [0.1, 0.15) is 31.2 Å². The summed E-state index contributed by atoms with van der Waals surface area (Å²) in [4.78, 5) is 28.2. The van der Waals surface area contributed by atoms with Crippen LogP contribution in [0.2, 0.25) is 0 Å². The smallest absolute Gasteiger partial charge is 0.242 e. The van der Waals surface area contributed by atoms with E-state index in [2.05, 4.69) is 20.7 Å². The quantitative estimate of drug-likeness (QED) is 0.689. The van der Waals surface area contributed by atoms with E-state index >= 15 is 0 Å². The molecule has 2 aliphatic heterocycles. The van der Waals surface area contributed by atoms with Gasteiger partial charge in [-0.25, -0.2) is 8.42 Å². The molecule has 0 saturated carbocycles. The van der Waals surface area contributed by atoms with Crippen LogP contribution in [0.25, 0.3) is 6.08 Å². The summed E-state index contributed by atoms with van der Waals surface area (Å²) in [6, 6.07) is 6.40. The molecule has 1 N–H and O–H groups in total. The van der Waals surface area contributed by atoms with Crippen LogP contribution >= 0.6 is 15.9 Å². The first-order valence-electron chi connectivity index (χ1n) is 9.37. The number of amides is 2. The third-order valence-corrected chi connectivity index (χ3v) is 6.51. The number of piperidine rings is 1. The highest BCUT2D eigenvalue weighted by Crippen LogP contribution is 2.16. The Morgan fingerprint density at radius 3 is 2.68 bits per heavy atom. The zero-order valence-electron chi connectivity index (χ0n) is 15.5. The molecule has 0 aliphatic carbocycles. The second-order valence-corrected chi connectivity index (χ2v) is 9.58. The largest absolute Gasteiger partial charge is 0.341 e. The van der Waals surface area contributed by atoms with Gasteiger partial charge < -0.3 is 9.80 Å². The molecule has 1 aromatic carbocycles. The van der Waals surface area contributed by atoms with Gasteiger partial charge in [0.15, 0.2) is 0 Å². The molecule has 3 rings (SSSR count). The van der Waals surface area contributed by atoms with Crippen LogP contribution in [0, 0.1) is 0 Å². The number of benzene rings is 1. The molecule has 1 aromatic rings. The highest BCUT2D eigenvalue weighted by atomic mass is 79.9. The summed E-state index contributed by atoms with van der Waals surface area (Å²) in [7, 11) is -3.78. The molecular formula is C19H24BrN3O4S. The van der Waals surface area contributed by atoms with E-state index in [9.17, 15) is 18.0 Å². The molecule has 0 spiro atoms. The van der Waals surface area contributed by atoms with Crippen LogP contribution in [0.15, 0.2) is 34.1 Å². The lowest BCUT2D eigenvalue weighted by Gasteiger charge is -2.32. The number of carbonyl (C=O) groups excluding carboxylic acids is 2. The van der Waals surface area contributed by atoms with E-state index in [1.165, 1.54) is 11.0 Å². The lowest BCUT2D eigenvalue weighted by atomic mass is 10.1. The zero-order chi connectivity index (χ0) is 20.1. The number of halogens is 1. The summed E-state index contributed by atoms with van der Waals surface area (Å²) in [5, 5.41) is 1.07. The van der Waals surface area contributed by atoms with Crippen LogP contribution < -0.4 is 4.72 Å². The van der Waals surface area contributed by atoms with Gasteiger partial charge in [0.05, 0.1) is 6.54 Å². The summed E-state index contributed by atoms with van der Waals surface area (Å²) in [6.07, 6.45) is 4.55. The van der Waals surface area contributed by atoms with E-state index in [-0.39, 0.29) is 18.4 Å². The van der Waals surface area contributed by atoms with Gasteiger partial charge in [0, 0.05) is 29.5 Å². The maximum Gasteiger partial charge on any atom is 0.242 e. The Bertz CT molecular complexity index is 866. The molecule has 7 nitrogen and oxygen atoms in total. The molecule has 1 unspecified atom stereocenters. The van der Waals surface area contributed by atoms with Crippen LogP contribution in [0.3, 0.4) is 0 Å². The second-order valence-electron chi connectivity index (χ2n) is 7.06. The number of nitrogens with zero attached hydrogens (tertiary/aromatic N) is 2. The van der Waals surface area contributed by atoms with Crippen molar-refractivity contribution in [3.8, 4) is 0 Å². The molecule has 0 radical (unpaired) electrons. The van der Waals surface area contributed by atoms with Gasteiger partial charge in [-0.05, 0) is 49.5 Å². The van der Waals surface area contributed by atoms with Crippen molar-refractivity contribution in [1.82, 2.24) is 14.5 Å². The van der Waals surface area contributed by atoms with Crippen LogP contribution in [-0.4, -0.2) is 62.3 Å². The molecule has 1 atom stereocenters. The lowest BCUT2D eigenvalue weighted by Crippen LogP contribution is -2.54. The molecule has 2 aliphatic rings. The maximum atomic E-state index is 12.7. The topological polar surface area (TPSA) is 86.8 Å². The Balaban J connectivity index is 1.60. The fourth-order valence-corrected chi connectivity index (χ4v) is 4.90. The zero-order valence-corrected chi connectivity index (χ0v) is 17.9. The van der Waals surface area contributed by atoms with Gasteiger partial charge in [0.25, 0.3) is 0 Å². The number of hydrogen-bond acceptors (Lipinski definition) is 4. The van der Waals surface area contributed by atoms with Crippen molar-refractivity contribution in [2.45, 2.75) is 31.7 Å². The average molecular weight is 470 g/mol. The number of nitrogens with one attached hydrogen (secondary N) is 1. The van der Waals surface area contributed by atoms with E-state index in [1.807, 2.05) is 12.1 Å². The highest BCUT2D eigenvalue weighted by molar-refractivity contribution is 9.10. The van der Waals surface area contributed by atoms with Crippen molar-refractivity contribution >= 4 is 43.8 Å². The molecule has 9 heteroatoms. The number of sulfonamides is 1. The number of carbonyl (C=O) groups is 2. The molecule has 0 bridgehead atoms. The Kier molecular flexibility index (Phi) is 6.90. The summed E-state index contributed by atoms with van der Waals surface area (Å²) in [5.74, 6) is -0.401. The van der Waals surface area contributed by atoms with Gasteiger partial charge in [-0.15, -0.1) is 0 Å². The Morgan fingerprint density at radius 1 is 1.21 bits per heavy atom. The molecule has 0 aromatic heterocycles. The molecule has 152 valence electrons. The average Bonchev–Trinajstić information content (AvgIpc) is 3.18. The highest BCUT2D eigenvalue weighted by Gasteiger charge is 2.33. The Morgan fingerprint density at radius 2 is 1.96 bits per heavy atom. The second kappa shape index (κ2) is 9.19. The molecular weight excluding hydrogens is 446 g/mol. The van der Waals surface area contributed by atoms with Crippen molar-refractivity contribution in [3.63, 3.8) is 0 Å². The van der Waals surface area contributed by atoms with Crippen LogP contribution in [0.4, 0.5) is 0 Å². The first kappa shape index (κ1) is 21.0. The number of rotatable bonds is 6. The molecule has 2 amide bonds. The monoisotopic (exact) mass is 469 g/mol. The van der Waals surface area contributed by atoms with E-state index in [0.29, 0.717) is 19.4 Å². The number of likely N-dealkylation sites (tertiary alicyclic amines) is 2. The third-order valence-electron chi connectivity index (χ3n) is 4.91. The molecule has 2 fully saturated rings. The summed E-state index contributed by atoms with van der Waals surface area (Å²) in [5.41, 5.74) is 0.729. The maximum absolute atomic E-state index is 12.7. The van der Waals surface area contributed by atoms with Gasteiger partial charge in [0.1, 0.15) is 6.04 Å². The fourth-order valence-electron chi connectivity index (χ4n) is 3.45. The normalized spacial score (nSPS) is 20.9. The molecule has 28 heavy (non-hydrogen) atoms. The predicted octanol–water partition coefficient (Wildman–Crippen LogP) is 1.95. The third kappa shape index (κ3) is 5.65. The minimum atomic E-state index is -3.78. The lowest BCUT2D eigenvalue weighted by molar-refractivity contribution is -0.142. The van der Waals surface area contributed by atoms with Crippen molar-refractivity contribution in [1.29, 1.82) is 0 Å². The first-order valence-corrected chi connectivity index (χ1v) is 11.7. The van der Waals surface area contributed by atoms with E-state index in [0.717, 1.165) is 41.4 Å². The molecule has 2 saturated heterocycles. The standard InChI is InChI=1S/C19H24BrN3O4S/c20-16-6-3-5-15(13-16)8-12-28(26,27)21-17-7-4-11-23(19(17)25)14-18(24)22-9-1-2-10-22/h3,5-6,8,12-13,17,21H,1-2,4,7,9-11,14H2/b12-8+. The Hall–Kier alpha value is -1.71. The van der Waals surface area contributed by atoms with Crippen molar-refractivity contribution in [2.75, 3.05) is 26.2 Å². The van der Waals surface area contributed by atoms with Gasteiger partial charge >= 0.3 is 0 Å². The summed E-state index contributed by atoms with van der Waals surface area (Å²) >= 11 is 3.34. The van der Waals surface area contributed by atoms with Crippen molar-refractivity contribution in [2.24, 2.45) is 0 Å². The fraction of sp³-hybridized carbons (Fsp3) is 0.474. The predicted molar refractivity (Wildman–Crippen MR) is 111 cm³/mol. The van der Waals surface area contributed by atoms with Crippen molar-refractivity contribution in [3.05, 3.63) is 39.7 Å². The minimum absolute atomic E-state index is 0.0188. The van der Waals surface area contributed by atoms with Crippen LogP contribution in [0.5, 0.6) is 0 Å². The summed E-state index contributed by atoms with van der Waals surface area (Å²) in [6.45, 7) is 1.96. The summed E-state index contributed by atoms with van der Waals surface area (Å²) < 4.78 is 28.1. The minimum Gasteiger partial charge on any atom is -0.341 e. The van der Waals surface area contributed by atoms with Crippen molar-refractivity contribution < 1.29 is 18.0 Å². The van der Waals surface area contributed by atoms with E-state index in [4.69, 9.17) is 0 Å². The van der Waals surface area contributed by atoms with Gasteiger partial charge in [-0.3, -0.25) is 9.59 Å².